The second kappa shape index (κ2) is 4.57. The second-order valence-electron chi connectivity index (χ2n) is 4.17. The van der Waals surface area contributed by atoms with Crippen molar-refractivity contribution < 1.29 is 4.79 Å². The van der Waals surface area contributed by atoms with Crippen LogP contribution >= 0.6 is 0 Å². The molecule has 4 heteroatoms. The third-order valence-corrected chi connectivity index (χ3v) is 3.07. The average Bonchev–Trinajstić information content (AvgIpc) is 2.69. The summed E-state index contributed by atoms with van der Waals surface area (Å²) >= 11 is 0. The monoisotopic (exact) mass is 231 g/mol. The first-order chi connectivity index (χ1) is 8.23. The molecule has 0 bridgehead atoms. The maximum absolute atomic E-state index is 12.2. The summed E-state index contributed by atoms with van der Waals surface area (Å²) in [6, 6.07) is 9.79. The van der Waals surface area contributed by atoms with Gasteiger partial charge in [0.1, 0.15) is 5.54 Å². The number of nitrogens with zero attached hydrogens (tertiary/aromatic N) is 1. The first kappa shape index (κ1) is 11.6. The molecule has 1 saturated heterocycles. The molecule has 1 atom stereocenters. The Balaban J connectivity index is 2.44. The minimum absolute atomic E-state index is 0.0221. The summed E-state index contributed by atoms with van der Waals surface area (Å²) < 4.78 is 0. The Morgan fingerprint density at radius 1 is 1.29 bits per heavy atom. The highest BCUT2D eigenvalue weighted by molar-refractivity contribution is 6.09. The van der Waals surface area contributed by atoms with E-state index in [1.807, 2.05) is 30.3 Å². The van der Waals surface area contributed by atoms with E-state index < -0.39 is 5.54 Å². The summed E-state index contributed by atoms with van der Waals surface area (Å²) in [5.41, 5.74) is 0.322. The van der Waals surface area contributed by atoms with Crippen LogP contribution in [0.25, 0.3) is 0 Å². The van der Waals surface area contributed by atoms with Gasteiger partial charge < -0.3 is 5.32 Å². The fraction of sp³-hybridized carbons (Fsp3) is 0.385. The van der Waals surface area contributed by atoms with E-state index >= 15 is 0 Å². The van der Waals surface area contributed by atoms with Gasteiger partial charge in [0.05, 0.1) is 0 Å². The quantitative estimate of drug-likeness (QED) is 0.826. The topological polar surface area (TPSA) is 53.5 Å². The van der Waals surface area contributed by atoms with Crippen molar-refractivity contribution in [3.63, 3.8) is 0 Å². The number of nitrogens with one attached hydrogen (secondary N) is 2. The number of carbonyl (C=O) groups excluding carboxylic acids is 1. The number of hydrogen-bond acceptors (Lipinski definition) is 2. The molecule has 0 aromatic heterocycles. The molecular weight excluding hydrogens is 214 g/mol. The van der Waals surface area contributed by atoms with Gasteiger partial charge in [0, 0.05) is 7.05 Å². The maximum Gasteiger partial charge on any atom is 0.257 e. The van der Waals surface area contributed by atoms with Gasteiger partial charge in [0.2, 0.25) is 0 Å². The summed E-state index contributed by atoms with van der Waals surface area (Å²) in [5.74, 6) is 0.526. The lowest BCUT2D eigenvalue weighted by Crippen LogP contribution is -2.43. The fourth-order valence-corrected chi connectivity index (χ4v) is 2.24. The number of amides is 1. The largest absolute Gasteiger partial charge is 0.338 e. The van der Waals surface area contributed by atoms with E-state index in [0.29, 0.717) is 5.96 Å². The van der Waals surface area contributed by atoms with Crippen molar-refractivity contribution in [1.29, 1.82) is 0 Å². The molecule has 1 fully saturated rings. The Bertz CT molecular complexity index is 441. The van der Waals surface area contributed by atoms with Gasteiger partial charge in [0.25, 0.3) is 5.91 Å². The van der Waals surface area contributed by atoms with Crippen LogP contribution in [0, 0.1) is 0 Å². The van der Waals surface area contributed by atoms with E-state index in [1.165, 1.54) is 0 Å². The lowest BCUT2D eigenvalue weighted by atomic mass is 9.86. The van der Waals surface area contributed by atoms with Crippen molar-refractivity contribution >= 4 is 11.9 Å². The van der Waals surface area contributed by atoms with Crippen LogP contribution in [-0.4, -0.2) is 18.9 Å². The molecule has 1 aromatic carbocycles. The molecule has 1 aromatic rings. The van der Waals surface area contributed by atoms with Crippen molar-refractivity contribution in [2.24, 2.45) is 4.99 Å². The average molecular weight is 231 g/mol. The first-order valence-corrected chi connectivity index (χ1v) is 5.85. The fourth-order valence-electron chi connectivity index (χ4n) is 2.24. The van der Waals surface area contributed by atoms with Crippen LogP contribution in [0.1, 0.15) is 25.3 Å². The van der Waals surface area contributed by atoms with Crippen LogP contribution < -0.4 is 10.6 Å². The van der Waals surface area contributed by atoms with Crippen molar-refractivity contribution in [2.45, 2.75) is 25.3 Å². The highest BCUT2D eigenvalue weighted by Crippen LogP contribution is 2.29. The van der Waals surface area contributed by atoms with Gasteiger partial charge in [-0.2, -0.15) is 0 Å². The summed E-state index contributed by atoms with van der Waals surface area (Å²) in [7, 11) is 1.66. The smallest absolute Gasteiger partial charge is 0.257 e. The number of guanidine groups is 1. The molecule has 1 aliphatic heterocycles. The summed E-state index contributed by atoms with van der Waals surface area (Å²) in [5, 5.41) is 5.99. The highest BCUT2D eigenvalue weighted by Gasteiger charge is 2.45. The number of carbonyl (C=O) groups is 1. The van der Waals surface area contributed by atoms with Crippen molar-refractivity contribution in [1.82, 2.24) is 10.6 Å². The predicted octanol–water partition coefficient (Wildman–Crippen LogP) is 1.39. The van der Waals surface area contributed by atoms with E-state index in [9.17, 15) is 4.79 Å². The molecule has 1 heterocycles. The van der Waals surface area contributed by atoms with E-state index in [-0.39, 0.29) is 5.91 Å². The normalized spacial score (nSPS) is 25.8. The van der Waals surface area contributed by atoms with Crippen LogP contribution in [0.5, 0.6) is 0 Å². The van der Waals surface area contributed by atoms with E-state index in [4.69, 9.17) is 0 Å². The molecule has 0 radical (unpaired) electrons. The molecule has 90 valence electrons. The first-order valence-electron chi connectivity index (χ1n) is 5.85. The SMILES string of the molecule is CCCC1(c2ccccc2)NC(=NC)NC1=O. The Morgan fingerprint density at radius 3 is 2.53 bits per heavy atom. The van der Waals surface area contributed by atoms with E-state index in [1.54, 1.807) is 7.05 Å². The number of benzene rings is 1. The number of hydrogen-bond donors (Lipinski definition) is 2. The van der Waals surface area contributed by atoms with Gasteiger partial charge in [-0.25, -0.2) is 0 Å². The molecule has 4 nitrogen and oxygen atoms in total. The molecule has 0 spiro atoms. The van der Waals surface area contributed by atoms with Crippen molar-refractivity contribution in [2.75, 3.05) is 7.05 Å². The Kier molecular flexibility index (Phi) is 3.13. The predicted molar refractivity (Wildman–Crippen MR) is 67.7 cm³/mol. The third-order valence-electron chi connectivity index (χ3n) is 3.07. The van der Waals surface area contributed by atoms with Crippen molar-refractivity contribution in [3.05, 3.63) is 35.9 Å². The molecule has 2 N–H and O–H groups in total. The van der Waals surface area contributed by atoms with Crippen LogP contribution in [0.2, 0.25) is 0 Å². The zero-order chi connectivity index (χ0) is 12.3. The number of rotatable bonds is 3. The number of aliphatic imine (C=N–C) groups is 1. The zero-order valence-electron chi connectivity index (χ0n) is 10.2. The lowest BCUT2D eigenvalue weighted by Gasteiger charge is -2.26. The molecular formula is C13H17N3O. The highest BCUT2D eigenvalue weighted by atomic mass is 16.2. The molecule has 2 rings (SSSR count). The standard InChI is InChI=1S/C13H17N3O/c1-3-9-13(10-7-5-4-6-8-10)11(17)15-12(14-2)16-13/h4-8H,3,9H2,1-2H3,(H2,14,15,16,17). The summed E-state index contributed by atoms with van der Waals surface area (Å²) in [4.78, 5) is 16.2. The minimum atomic E-state index is -0.662. The third kappa shape index (κ3) is 1.90. The van der Waals surface area contributed by atoms with Gasteiger partial charge in [-0.3, -0.25) is 15.1 Å². The Morgan fingerprint density at radius 2 is 2.00 bits per heavy atom. The summed E-state index contributed by atoms with van der Waals surface area (Å²) in [6.07, 6.45) is 1.67. The van der Waals surface area contributed by atoms with Gasteiger partial charge in [0.15, 0.2) is 5.96 Å². The lowest BCUT2D eigenvalue weighted by molar-refractivity contribution is -0.124. The minimum Gasteiger partial charge on any atom is -0.338 e. The van der Waals surface area contributed by atoms with Crippen LogP contribution in [0.4, 0.5) is 0 Å². The molecule has 0 aliphatic carbocycles. The van der Waals surface area contributed by atoms with Crippen LogP contribution in [-0.2, 0) is 10.3 Å². The van der Waals surface area contributed by atoms with E-state index in [2.05, 4.69) is 22.5 Å². The Labute approximate surface area is 101 Å². The maximum atomic E-state index is 12.2. The van der Waals surface area contributed by atoms with Crippen molar-refractivity contribution in [3.8, 4) is 0 Å². The zero-order valence-corrected chi connectivity index (χ0v) is 10.2. The molecule has 0 saturated carbocycles. The molecule has 17 heavy (non-hydrogen) atoms. The van der Waals surface area contributed by atoms with Gasteiger partial charge in [-0.15, -0.1) is 0 Å². The molecule has 1 unspecified atom stereocenters. The molecule has 1 amide bonds. The van der Waals surface area contributed by atoms with Gasteiger partial charge >= 0.3 is 0 Å². The van der Waals surface area contributed by atoms with Crippen LogP contribution in [0.15, 0.2) is 35.3 Å². The van der Waals surface area contributed by atoms with E-state index in [0.717, 1.165) is 18.4 Å². The van der Waals surface area contributed by atoms with Gasteiger partial charge in [-0.05, 0) is 12.0 Å². The second-order valence-corrected chi connectivity index (χ2v) is 4.17. The van der Waals surface area contributed by atoms with Crippen LogP contribution in [0.3, 0.4) is 0 Å². The molecule has 1 aliphatic rings. The van der Waals surface area contributed by atoms with Gasteiger partial charge in [-0.1, -0.05) is 43.7 Å². The Hall–Kier alpha value is -1.84. The summed E-state index contributed by atoms with van der Waals surface area (Å²) in [6.45, 7) is 2.07.